The fourth-order valence-corrected chi connectivity index (χ4v) is 1.56. The molecule has 112 valence electrons. The first-order valence-electron chi connectivity index (χ1n) is 5.79. The number of rotatable bonds is 5. The van der Waals surface area contributed by atoms with Crippen molar-refractivity contribution in [3.05, 3.63) is 35.6 Å². The number of aliphatic hydroxyl groups is 1. The summed E-state index contributed by atoms with van der Waals surface area (Å²) in [6.45, 7) is -0.401. The van der Waals surface area contributed by atoms with Gasteiger partial charge in [-0.1, -0.05) is 12.1 Å². The first kappa shape index (κ1) is 16.2. The van der Waals surface area contributed by atoms with Crippen LogP contribution in [0.5, 0.6) is 0 Å². The van der Waals surface area contributed by atoms with E-state index >= 15 is 0 Å². The van der Waals surface area contributed by atoms with Crippen molar-refractivity contribution in [1.82, 2.24) is 10.6 Å². The van der Waals surface area contributed by atoms with Crippen molar-refractivity contribution in [2.24, 2.45) is 0 Å². The van der Waals surface area contributed by atoms with Gasteiger partial charge in [0, 0.05) is 6.54 Å². The molecule has 20 heavy (non-hydrogen) atoms. The van der Waals surface area contributed by atoms with Gasteiger partial charge in [-0.3, -0.25) is 0 Å². The predicted octanol–water partition coefficient (Wildman–Crippen LogP) is 2.11. The van der Waals surface area contributed by atoms with Crippen molar-refractivity contribution < 1.29 is 27.5 Å². The van der Waals surface area contributed by atoms with Gasteiger partial charge in [0.05, 0.1) is 19.1 Å². The summed E-state index contributed by atoms with van der Waals surface area (Å²) in [6.07, 6.45) is -5.76. The number of amides is 2. The maximum atomic E-state index is 12.8. The molecular weight excluding hydrogens is 280 g/mol. The van der Waals surface area contributed by atoms with E-state index in [0.29, 0.717) is 0 Å². The molecule has 0 fully saturated rings. The number of halogens is 4. The molecule has 0 bridgehead atoms. The number of urea groups is 1. The lowest BCUT2D eigenvalue weighted by atomic mass is 10.0. The number of nitrogens with one attached hydrogen (secondary N) is 2. The van der Waals surface area contributed by atoms with Crippen molar-refractivity contribution >= 4 is 6.03 Å². The Labute approximate surface area is 112 Å². The largest absolute Gasteiger partial charge is 0.395 e. The van der Waals surface area contributed by atoms with Crippen LogP contribution in [-0.4, -0.2) is 30.5 Å². The maximum Gasteiger partial charge on any atom is 0.391 e. The van der Waals surface area contributed by atoms with E-state index in [1.54, 1.807) is 0 Å². The molecule has 0 spiro atoms. The van der Waals surface area contributed by atoms with Crippen LogP contribution in [0.1, 0.15) is 18.0 Å². The average molecular weight is 294 g/mol. The summed E-state index contributed by atoms with van der Waals surface area (Å²) in [5.74, 6) is -0.579. The van der Waals surface area contributed by atoms with E-state index in [9.17, 15) is 22.4 Å². The second-order valence-corrected chi connectivity index (χ2v) is 4.05. The molecule has 0 heterocycles. The van der Waals surface area contributed by atoms with Gasteiger partial charge in [0.2, 0.25) is 0 Å². The normalized spacial score (nSPS) is 12.8. The lowest BCUT2D eigenvalue weighted by Gasteiger charge is -2.21. The molecule has 1 rings (SSSR count). The third-order valence-corrected chi connectivity index (χ3v) is 2.41. The lowest BCUT2D eigenvalue weighted by Crippen LogP contribution is -2.40. The number of hydrogen-bond donors (Lipinski definition) is 3. The van der Waals surface area contributed by atoms with E-state index in [2.05, 4.69) is 10.6 Å². The topological polar surface area (TPSA) is 61.4 Å². The highest BCUT2D eigenvalue weighted by atomic mass is 19.4. The Hall–Kier alpha value is -1.83. The van der Waals surface area contributed by atoms with Crippen molar-refractivity contribution in [3.63, 3.8) is 0 Å². The zero-order chi connectivity index (χ0) is 15.2. The molecule has 8 heteroatoms. The summed E-state index contributed by atoms with van der Waals surface area (Å²) >= 11 is 0. The Kier molecular flexibility index (Phi) is 5.75. The molecule has 2 amide bonds. The molecule has 0 radical (unpaired) electrons. The van der Waals surface area contributed by atoms with Crippen LogP contribution in [0.4, 0.5) is 22.4 Å². The highest BCUT2D eigenvalue weighted by molar-refractivity contribution is 5.74. The summed E-state index contributed by atoms with van der Waals surface area (Å²) in [5.41, 5.74) is 0.142. The Morgan fingerprint density at radius 2 is 1.85 bits per heavy atom. The average Bonchev–Trinajstić information content (AvgIpc) is 2.35. The Morgan fingerprint density at radius 1 is 1.25 bits per heavy atom. The molecule has 3 N–H and O–H groups in total. The van der Waals surface area contributed by atoms with Crippen LogP contribution in [0, 0.1) is 5.82 Å². The van der Waals surface area contributed by atoms with E-state index in [0.717, 1.165) is 12.1 Å². The van der Waals surface area contributed by atoms with Gasteiger partial charge in [-0.15, -0.1) is 0 Å². The van der Waals surface area contributed by atoms with Gasteiger partial charge in [0.25, 0.3) is 0 Å². The van der Waals surface area contributed by atoms with E-state index in [4.69, 9.17) is 5.11 Å². The van der Waals surface area contributed by atoms with E-state index in [-0.39, 0.29) is 18.7 Å². The predicted molar refractivity (Wildman–Crippen MR) is 63.4 cm³/mol. The lowest BCUT2D eigenvalue weighted by molar-refractivity contribution is -0.139. The molecule has 0 saturated heterocycles. The summed E-state index contributed by atoms with van der Waals surface area (Å²) in [6, 6.07) is 2.24. The molecule has 0 aliphatic carbocycles. The van der Waals surface area contributed by atoms with Gasteiger partial charge in [0.1, 0.15) is 5.82 Å². The van der Waals surface area contributed by atoms with Crippen molar-refractivity contribution in [2.45, 2.75) is 18.6 Å². The van der Waals surface area contributed by atoms with Crippen LogP contribution >= 0.6 is 0 Å². The molecule has 1 unspecified atom stereocenters. The molecule has 1 aromatic carbocycles. The molecule has 1 aromatic rings. The number of hydrogen-bond acceptors (Lipinski definition) is 2. The van der Waals surface area contributed by atoms with E-state index in [1.165, 1.54) is 12.1 Å². The standard InChI is InChI=1S/C12H14F4N2O2/c13-9-3-1-8(2-4-9)10(7-12(14,15)16)18-11(20)17-5-6-19/h1-4,10,19H,5-7H2,(H2,17,18,20). The summed E-state index contributed by atoms with van der Waals surface area (Å²) < 4.78 is 50.2. The number of benzene rings is 1. The highest BCUT2D eigenvalue weighted by Gasteiger charge is 2.33. The zero-order valence-electron chi connectivity index (χ0n) is 10.4. The maximum absolute atomic E-state index is 12.8. The number of carbonyl (C=O) groups excluding carboxylic acids is 1. The fraction of sp³-hybridized carbons (Fsp3) is 0.417. The minimum absolute atomic E-state index is 0.0754. The van der Waals surface area contributed by atoms with Crippen molar-refractivity contribution in [2.75, 3.05) is 13.2 Å². The molecule has 1 atom stereocenters. The summed E-state index contributed by atoms with van der Waals surface area (Å²) in [4.78, 5) is 11.4. The molecule has 0 aliphatic rings. The van der Waals surface area contributed by atoms with Crippen LogP contribution < -0.4 is 10.6 Å². The Morgan fingerprint density at radius 3 is 2.35 bits per heavy atom. The van der Waals surface area contributed by atoms with E-state index in [1.807, 2.05) is 0 Å². The van der Waals surface area contributed by atoms with Gasteiger partial charge >= 0.3 is 12.2 Å². The second kappa shape index (κ2) is 7.09. The zero-order valence-corrected chi connectivity index (χ0v) is 10.4. The molecule has 4 nitrogen and oxygen atoms in total. The number of aliphatic hydroxyl groups excluding tert-OH is 1. The van der Waals surface area contributed by atoms with Crippen LogP contribution in [-0.2, 0) is 0 Å². The van der Waals surface area contributed by atoms with Crippen LogP contribution in [0.25, 0.3) is 0 Å². The van der Waals surface area contributed by atoms with Crippen LogP contribution in [0.2, 0.25) is 0 Å². The van der Waals surface area contributed by atoms with Crippen LogP contribution in [0.3, 0.4) is 0 Å². The Balaban J connectivity index is 2.80. The summed E-state index contributed by atoms with van der Waals surface area (Å²) in [5, 5.41) is 12.8. The van der Waals surface area contributed by atoms with Crippen molar-refractivity contribution in [1.29, 1.82) is 0 Å². The highest BCUT2D eigenvalue weighted by Crippen LogP contribution is 2.29. The minimum atomic E-state index is -4.48. The first-order valence-corrected chi connectivity index (χ1v) is 5.79. The van der Waals surface area contributed by atoms with Gasteiger partial charge < -0.3 is 15.7 Å². The third-order valence-electron chi connectivity index (χ3n) is 2.41. The third kappa shape index (κ3) is 5.87. The number of carbonyl (C=O) groups is 1. The van der Waals surface area contributed by atoms with Crippen LogP contribution in [0.15, 0.2) is 24.3 Å². The number of alkyl halides is 3. The molecule has 0 aliphatic heterocycles. The van der Waals surface area contributed by atoms with Gasteiger partial charge in [0.15, 0.2) is 0 Å². The van der Waals surface area contributed by atoms with E-state index < -0.39 is 30.5 Å². The first-order chi connectivity index (χ1) is 9.31. The van der Waals surface area contributed by atoms with Gasteiger partial charge in [-0.05, 0) is 17.7 Å². The smallest absolute Gasteiger partial charge is 0.391 e. The van der Waals surface area contributed by atoms with Gasteiger partial charge in [-0.2, -0.15) is 13.2 Å². The Bertz CT molecular complexity index is 434. The SMILES string of the molecule is O=C(NCCO)NC(CC(F)(F)F)c1ccc(F)cc1. The monoisotopic (exact) mass is 294 g/mol. The molecule has 0 saturated carbocycles. The van der Waals surface area contributed by atoms with Crippen molar-refractivity contribution in [3.8, 4) is 0 Å². The fourth-order valence-electron chi connectivity index (χ4n) is 1.56. The van der Waals surface area contributed by atoms with Gasteiger partial charge in [-0.25, -0.2) is 9.18 Å². The molecular formula is C12H14F4N2O2. The molecule has 0 aromatic heterocycles. The quantitative estimate of drug-likeness (QED) is 0.728. The second-order valence-electron chi connectivity index (χ2n) is 4.05. The summed E-state index contributed by atoms with van der Waals surface area (Å²) in [7, 11) is 0. The minimum Gasteiger partial charge on any atom is -0.395 e.